The molecule has 0 saturated heterocycles. The van der Waals surface area contributed by atoms with E-state index in [4.69, 9.17) is 12.2 Å². The highest BCUT2D eigenvalue weighted by Gasteiger charge is 2.24. The zero-order valence-corrected chi connectivity index (χ0v) is 10.2. The monoisotopic (exact) mass is 234 g/mol. The summed E-state index contributed by atoms with van der Waals surface area (Å²) in [5, 5.41) is 3.19. The molecule has 0 aliphatic carbocycles. The maximum atomic E-state index is 11.6. The summed E-state index contributed by atoms with van der Waals surface area (Å²) < 4.78 is 0. The maximum absolute atomic E-state index is 11.6. The quantitative estimate of drug-likeness (QED) is 0.700. The smallest absolute Gasteiger partial charge is 0.223 e. The van der Waals surface area contributed by atoms with Crippen molar-refractivity contribution in [2.45, 2.75) is 13.8 Å². The molecule has 2 rings (SSSR count). The lowest BCUT2D eigenvalue weighted by Gasteiger charge is -2.21. The Morgan fingerprint density at radius 2 is 2.19 bits per heavy atom. The van der Waals surface area contributed by atoms with Crippen molar-refractivity contribution in [1.29, 1.82) is 0 Å². The third kappa shape index (κ3) is 1.93. The second-order valence-electron chi connectivity index (χ2n) is 4.04. The summed E-state index contributed by atoms with van der Waals surface area (Å²) in [7, 11) is 0. The lowest BCUT2D eigenvalue weighted by atomic mass is 10.1. The fourth-order valence-electron chi connectivity index (χ4n) is 1.82. The average Bonchev–Trinajstić information content (AvgIpc) is 2.37. The van der Waals surface area contributed by atoms with Crippen molar-refractivity contribution in [2.24, 2.45) is 5.92 Å². The molecule has 1 aliphatic rings. The van der Waals surface area contributed by atoms with Gasteiger partial charge in [0.2, 0.25) is 5.91 Å². The van der Waals surface area contributed by atoms with Crippen LogP contribution in [-0.2, 0) is 4.79 Å². The van der Waals surface area contributed by atoms with Gasteiger partial charge in [0.05, 0.1) is 16.4 Å². The lowest BCUT2D eigenvalue weighted by Crippen LogP contribution is -2.33. The van der Waals surface area contributed by atoms with Crippen LogP contribution >= 0.6 is 12.2 Å². The van der Waals surface area contributed by atoms with Crippen LogP contribution in [0.25, 0.3) is 0 Å². The highest BCUT2D eigenvalue weighted by molar-refractivity contribution is 7.80. The Hall–Kier alpha value is -1.42. The van der Waals surface area contributed by atoms with E-state index in [9.17, 15) is 4.79 Å². The van der Waals surface area contributed by atoms with Crippen LogP contribution in [0.15, 0.2) is 24.3 Å². The summed E-state index contributed by atoms with van der Waals surface area (Å²) >= 11 is 5.28. The van der Waals surface area contributed by atoms with Crippen LogP contribution in [0.5, 0.6) is 0 Å². The Morgan fingerprint density at radius 3 is 2.88 bits per heavy atom. The molecule has 1 amide bonds. The minimum Gasteiger partial charge on any atom is -0.348 e. The number of nitrogens with zero attached hydrogens (tertiary/aromatic N) is 1. The van der Waals surface area contributed by atoms with Gasteiger partial charge in [-0.15, -0.1) is 0 Å². The molecule has 84 valence electrons. The Kier molecular flexibility index (Phi) is 2.92. The van der Waals surface area contributed by atoms with Gasteiger partial charge in [-0.25, -0.2) is 0 Å². The van der Waals surface area contributed by atoms with Crippen LogP contribution in [0, 0.1) is 5.92 Å². The molecule has 1 aromatic rings. The van der Waals surface area contributed by atoms with Crippen molar-refractivity contribution in [3.8, 4) is 0 Å². The molecule has 0 saturated carbocycles. The predicted octanol–water partition coefficient (Wildman–Crippen LogP) is 2.43. The van der Waals surface area contributed by atoms with Crippen molar-refractivity contribution < 1.29 is 4.79 Å². The maximum Gasteiger partial charge on any atom is 0.223 e. The first kappa shape index (κ1) is 11.1. The first-order valence-corrected chi connectivity index (χ1v) is 5.68. The van der Waals surface area contributed by atoms with E-state index in [1.165, 1.54) is 0 Å². The van der Waals surface area contributed by atoms with Gasteiger partial charge in [-0.3, -0.25) is 4.79 Å². The number of para-hydroxylation sites is 2. The molecule has 3 nitrogen and oxygen atoms in total. The summed E-state index contributed by atoms with van der Waals surface area (Å²) in [5.74, 6) is 0.220. The zero-order chi connectivity index (χ0) is 11.7. The molecule has 0 unspecified atom stereocenters. The van der Waals surface area contributed by atoms with Gasteiger partial charge in [0.1, 0.15) is 0 Å². The van der Waals surface area contributed by atoms with Gasteiger partial charge < -0.3 is 10.2 Å². The van der Waals surface area contributed by atoms with Crippen molar-refractivity contribution in [2.75, 3.05) is 16.8 Å². The first-order chi connectivity index (χ1) is 7.59. The molecule has 1 aliphatic heterocycles. The molecule has 1 heterocycles. The number of carbonyl (C=O) groups is 1. The molecule has 0 bridgehead atoms. The Morgan fingerprint density at radius 1 is 1.50 bits per heavy atom. The summed E-state index contributed by atoms with van der Waals surface area (Å²) in [6, 6.07) is 7.73. The molecule has 4 heteroatoms. The van der Waals surface area contributed by atoms with Gasteiger partial charge >= 0.3 is 0 Å². The third-order valence-electron chi connectivity index (χ3n) is 2.74. The molecular formula is C12H14N2OS. The van der Waals surface area contributed by atoms with Crippen LogP contribution in [-0.4, -0.2) is 17.4 Å². The highest BCUT2D eigenvalue weighted by atomic mass is 32.1. The van der Waals surface area contributed by atoms with Gasteiger partial charge in [0.25, 0.3) is 0 Å². The number of carbonyl (C=O) groups excluding carboxylic acids is 1. The zero-order valence-electron chi connectivity index (χ0n) is 9.36. The predicted molar refractivity (Wildman–Crippen MR) is 69.9 cm³/mol. The van der Waals surface area contributed by atoms with Gasteiger partial charge in [-0.2, -0.15) is 0 Å². The molecule has 0 spiro atoms. The molecular weight excluding hydrogens is 220 g/mol. The van der Waals surface area contributed by atoms with Gasteiger partial charge in [0.15, 0.2) is 0 Å². The summed E-state index contributed by atoms with van der Waals surface area (Å²) in [6.45, 7) is 4.24. The van der Waals surface area contributed by atoms with Crippen molar-refractivity contribution in [1.82, 2.24) is 0 Å². The fourth-order valence-corrected chi connectivity index (χ4v) is 2.01. The number of hydrogen-bond acceptors (Lipinski definition) is 2. The number of fused-ring (bicyclic) bond motifs is 1. The SMILES string of the molecule is CC(=O)N1C[C@H](C)C(=S)Nc2ccccc21. The van der Waals surface area contributed by atoms with Gasteiger partial charge in [-0.05, 0) is 12.1 Å². The van der Waals surface area contributed by atoms with Crippen LogP contribution in [0.3, 0.4) is 0 Å². The van der Waals surface area contributed by atoms with Crippen LogP contribution in [0.2, 0.25) is 0 Å². The van der Waals surface area contributed by atoms with E-state index < -0.39 is 0 Å². The minimum atomic E-state index is 0.0470. The van der Waals surface area contributed by atoms with Crippen LogP contribution < -0.4 is 10.2 Å². The molecule has 0 fully saturated rings. The largest absolute Gasteiger partial charge is 0.348 e. The Balaban J connectivity index is 2.49. The van der Waals surface area contributed by atoms with E-state index >= 15 is 0 Å². The van der Waals surface area contributed by atoms with E-state index in [2.05, 4.69) is 5.32 Å². The van der Waals surface area contributed by atoms with Gasteiger partial charge in [0, 0.05) is 19.4 Å². The molecule has 16 heavy (non-hydrogen) atoms. The number of amides is 1. The topological polar surface area (TPSA) is 32.3 Å². The molecule has 0 aromatic heterocycles. The number of thiocarbonyl (C=S) groups is 1. The van der Waals surface area contributed by atoms with Crippen molar-refractivity contribution in [3.63, 3.8) is 0 Å². The molecule has 1 atom stereocenters. The number of rotatable bonds is 0. The van der Waals surface area contributed by atoms with Gasteiger partial charge in [-0.1, -0.05) is 31.3 Å². The molecule has 1 aromatic carbocycles. The molecule has 1 N–H and O–H groups in total. The number of hydrogen-bond donors (Lipinski definition) is 1. The fraction of sp³-hybridized carbons (Fsp3) is 0.333. The van der Waals surface area contributed by atoms with E-state index in [-0.39, 0.29) is 11.8 Å². The summed E-state index contributed by atoms with van der Waals surface area (Å²) in [6.07, 6.45) is 0. The minimum absolute atomic E-state index is 0.0470. The second kappa shape index (κ2) is 4.22. The summed E-state index contributed by atoms with van der Waals surface area (Å²) in [4.78, 5) is 14.2. The Labute approximate surface area is 100 Å². The average molecular weight is 234 g/mol. The normalized spacial score (nSPS) is 19.8. The van der Waals surface area contributed by atoms with Crippen LogP contribution in [0.1, 0.15) is 13.8 Å². The van der Waals surface area contributed by atoms with Crippen LogP contribution in [0.4, 0.5) is 11.4 Å². The van der Waals surface area contributed by atoms with E-state index in [0.29, 0.717) is 6.54 Å². The lowest BCUT2D eigenvalue weighted by molar-refractivity contribution is -0.116. The van der Waals surface area contributed by atoms with Crippen molar-refractivity contribution in [3.05, 3.63) is 24.3 Å². The second-order valence-corrected chi connectivity index (χ2v) is 4.48. The van der Waals surface area contributed by atoms with E-state index in [0.717, 1.165) is 16.4 Å². The Bertz CT molecular complexity index is 444. The standard InChI is InChI=1S/C12H14N2OS/c1-8-7-14(9(2)15)11-6-4-3-5-10(11)13-12(8)16/h3-6,8H,7H2,1-2H3,(H,13,16)/t8-/m0/s1. The van der Waals surface area contributed by atoms with E-state index in [1.807, 2.05) is 31.2 Å². The molecule has 0 radical (unpaired) electrons. The number of benzene rings is 1. The van der Waals surface area contributed by atoms with Crippen molar-refractivity contribution >= 4 is 34.5 Å². The summed E-state index contributed by atoms with van der Waals surface area (Å²) in [5.41, 5.74) is 1.81. The third-order valence-corrected chi connectivity index (χ3v) is 3.24. The highest BCUT2D eigenvalue weighted by Crippen LogP contribution is 2.30. The number of nitrogens with one attached hydrogen (secondary N) is 1. The number of anilines is 2. The van der Waals surface area contributed by atoms with E-state index in [1.54, 1.807) is 11.8 Å². The first-order valence-electron chi connectivity index (χ1n) is 5.27.